The smallest absolute Gasteiger partial charge is 0.0238 e. The summed E-state index contributed by atoms with van der Waals surface area (Å²) in [7, 11) is 0. The van der Waals surface area contributed by atoms with Crippen molar-refractivity contribution < 1.29 is 0 Å². The van der Waals surface area contributed by atoms with Crippen molar-refractivity contribution in [1.29, 1.82) is 0 Å². The van der Waals surface area contributed by atoms with Crippen LogP contribution in [0, 0.1) is 6.92 Å². The van der Waals surface area contributed by atoms with Crippen molar-refractivity contribution in [1.82, 2.24) is 0 Å². The zero-order valence-corrected chi connectivity index (χ0v) is 9.19. The van der Waals surface area contributed by atoms with Crippen molar-refractivity contribution in [2.75, 3.05) is 0 Å². The lowest BCUT2D eigenvalue weighted by Crippen LogP contribution is -1.73. The van der Waals surface area contributed by atoms with Gasteiger partial charge in [-0.25, -0.2) is 0 Å². The molecule has 77 valence electrons. The molecule has 2 aromatic carbocycles. The van der Waals surface area contributed by atoms with Crippen molar-refractivity contribution in [3.63, 3.8) is 0 Å². The van der Waals surface area contributed by atoms with Crippen LogP contribution in [0.2, 0.25) is 0 Å². The normalized spacial score (nSPS) is 8.93. The zero-order valence-electron chi connectivity index (χ0n) is 9.19. The van der Waals surface area contributed by atoms with Crippen LogP contribution in [0.3, 0.4) is 0 Å². The summed E-state index contributed by atoms with van der Waals surface area (Å²) < 4.78 is 0. The average molecular weight is 197 g/mol. The molecule has 0 nitrogen and oxygen atoms in total. The third-order valence-corrected chi connectivity index (χ3v) is 2.09. The van der Waals surface area contributed by atoms with Gasteiger partial charge in [-0.1, -0.05) is 67.6 Å². The number of benzene rings is 2. The Morgan fingerprint density at radius 3 is 1.53 bits per heavy atom. The second-order valence-corrected chi connectivity index (χ2v) is 3.32. The predicted molar refractivity (Wildman–Crippen MR) is 66.7 cm³/mol. The first-order chi connectivity index (χ1) is 7.33. The van der Waals surface area contributed by atoms with Crippen molar-refractivity contribution in [3.8, 4) is 0 Å². The predicted octanol–water partition coefficient (Wildman–Crippen LogP) is 4.12. The number of hydrogen-bond acceptors (Lipinski definition) is 0. The Labute approximate surface area is 92.6 Å². The van der Waals surface area contributed by atoms with E-state index in [1.807, 2.05) is 36.4 Å². The Balaban J connectivity index is 0.000000151. The summed E-state index contributed by atoms with van der Waals surface area (Å²) in [5, 5.41) is 0. The van der Waals surface area contributed by atoms with Gasteiger partial charge in [-0.05, 0) is 24.5 Å². The summed E-state index contributed by atoms with van der Waals surface area (Å²) >= 11 is 0. The van der Waals surface area contributed by atoms with Crippen LogP contribution in [0.4, 0.5) is 0 Å². The molecule has 0 amide bonds. The van der Waals surface area contributed by atoms with E-state index in [0.717, 1.165) is 12.0 Å². The molecule has 0 bridgehead atoms. The summed E-state index contributed by atoms with van der Waals surface area (Å²) in [5.74, 6) is 0. The highest BCUT2D eigenvalue weighted by molar-refractivity contribution is 5.16. The van der Waals surface area contributed by atoms with Crippen LogP contribution in [0.1, 0.15) is 18.1 Å². The molecule has 0 saturated heterocycles. The lowest BCUT2D eigenvalue weighted by molar-refractivity contribution is 1.14. The average Bonchev–Trinajstić information content (AvgIpc) is 2.32. The third-order valence-electron chi connectivity index (χ3n) is 2.09. The molecule has 0 aromatic heterocycles. The molecular weight excluding hydrogens is 180 g/mol. The van der Waals surface area contributed by atoms with Gasteiger partial charge in [-0.15, -0.1) is 0 Å². The van der Waals surface area contributed by atoms with Crippen LogP contribution in [-0.4, -0.2) is 0 Å². The molecular formula is C15H17. The molecule has 0 aliphatic heterocycles. The van der Waals surface area contributed by atoms with E-state index < -0.39 is 0 Å². The summed E-state index contributed by atoms with van der Waals surface area (Å²) in [5.41, 5.74) is 2.48. The van der Waals surface area contributed by atoms with Gasteiger partial charge in [-0.3, -0.25) is 0 Å². The van der Waals surface area contributed by atoms with Gasteiger partial charge in [-0.2, -0.15) is 0 Å². The highest BCUT2D eigenvalue weighted by Crippen LogP contribution is 1.96. The highest BCUT2D eigenvalue weighted by atomic mass is 13.9. The van der Waals surface area contributed by atoms with Crippen LogP contribution in [0.5, 0.6) is 0 Å². The summed E-state index contributed by atoms with van der Waals surface area (Å²) in [6.45, 7) is 5.88. The monoisotopic (exact) mass is 197 g/mol. The fourth-order valence-electron chi connectivity index (χ4n) is 1.19. The Morgan fingerprint density at radius 1 is 0.800 bits per heavy atom. The molecule has 0 fully saturated rings. The van der Waals surface area contributed by atoms with Crippen molar-refractivity contribution in [2.45, 2.75) is 13.3 Å². The van der Waals surface area contributed by atoms with E-state index in [1.54, 1.807) is 0 Å². The van der Waals surface area contributed by atoms with Crippen LogP contribution in [0.25, 0.3) is 0 Å². The van der Waals surface area contributed by atoms with Crippen molar-refractivity contribution in [3.05, 3.63) is 78.7 Å². The number of hydrogen-bond donors (Lipinski definition) is 0. The maximum atomic E-state index is 3.72. The molecule has 2 aromatic rings. The van der Waals surface area contributed by atoms with Crippen LogP contribution in [-0.2, 0) is 6.42 Å². The fraction of sp³-hybridized carbons (Fsp3) is 0.133. The maximum absolute atomic E-state index is 3.72. The molecule has 0 spiro atoms. The topological polar surface area (TPSA) is 0 Å². The van der Waals surface area contributed by atoms with Crippen LogP contribution in [0.15, 0.2) is 60.7 Å². The lowest BCUT2D eigenvalue weighted by Gasteiger charge is -1.89. The van der Waals surface area contributed by atoms with Gasteiger partial charge in [0.2, 0.25) is 0 Å². The quantitative estimate of drug-likeness (QED) is 0.645. The Hall–Kier alpha value is -1.56. The van der Waals surface area contributed by atoms with Gasteiger partial charge in [0.15, 0.2) is 0 Å². The first kappa shape index (κ1) is 11.5. The second kappa shape index (κ2) is 6.83. The van der Waals surface area contributed by atoms with E-state index in [4.69, 9.17) is 0 Å². The molecule has 0 aliphatic carbocycles. The van der Waals surface area contributed by atoms with Crippen molar-refractivity contribution >= 4 is 0 Å². The molecule has 2 rings (SSSR count). The van der Waals surface area contributed by atoms with E-state index in [-0.39, 0.29) is 0 Å². The molecule has 0 atom stereocenters. The lowest BCUT2D eigenvalue weighted by atomic mass is 10.2. The molecule has 1 radical (unpaired) electrons. The molecule has 0 N–H and O–H groups in total. The third kappa shape index (κ3) is 5.02. The minimum atomic E-state index is 1.07. The second-order valence-electron chi connectivity index (χ2n) is 3.32. The Kier molecular flexibility index (Phi) is 5.24. The first-order valence-corrected chi connectivity index (χ1v) is 5.24. The molecule has 15 heavy (non-hydrogen) atoms. The fourth-order valence-corrected chi connectivity index (χ4v) is 1.19. The van der Waals surface area contributed by atoms with Gasteiger partial charge < -0.3 is 0 Å². The minimum absolute atomic E-state index is 1.07. The van der Waals surface area contributed by atoms with E-state index in [0.29, 0.717) is 0 Å². The zero-order chi connectivity index (χ0) is 10.9. The summed E-state index contributed by atoms with van der Waals surface area (Å²) in [6.07, 6.45) is 1.14. The molecule has 0 aliphatic rings. The Morgan fingerprint density at radius 2 is 1.27 bits per heavy atom. The van der Waals surface area contributed by atoms with Crippen molar-refractivity contribution in [2.24, 2.45) is 0 Å². The molecule has 0 heteroatoms. The summed E-state index contributed by atoms with van der Waals surface area (Å²) in [4.78, 5) is 0. The van der Waals surface area contributed by atoms with E-state index in [9.17, 15) is 0 Å². The largest absolute Gasteiger partial charge is 0.0622 e. The van der Waals surface area contributed by atoms with Crippen LogP contribution < -0.4 is 0 Å². The number of rotatable bonds is 1. The van der Waals surface area contributed by atoms with Crippen LogP contribution >= 0.6 is 0 Å². The van der Waals surface area contributed by atoms with Gasteiger partial charge in [0.25, 0.3) is 0 Å². The first-order valence-electron chi connectivity index (χ1n) is 5.24. The molecule has 0 saturated carbocycles. The van der Waals surface area contributed by atoms with Gasteiger partial charge >= 0.3 is 0 Å². The molecule has 0 unspecified atom stereocenters. The highest BCUT2D eigenvalue weighted by Gasteiger charge is 1.79. The Bertz CT molecular complexity index is 348. The molecule has 0 heterocycles. The standard InChI is InChI=1S/C8H10.C7H7/c1-2-8-6-4-3-5-7-8;1-7-5-3-2-4-6-7/h3-7H,2H2,1H3;2-6H,1H2. The number of aryl methyl sites for hydroxylation is 1. The van der Waals surface area contributed by atoms with Gasteiger partial charge in [0.1, 0.15) is 0 Å². The maximum Gasteiger partial charge on any atom is -0.0238 e. The van der Waals surface area contributed by atoms with E-state index >= 15 is 0 Å². The van der Waals surface area contributed by atoms with Gasteiger partial charge in [0.05, 0.1) is 0 Å². The van der Waals surface area contributed by atoms with E-state index in [1.165, 1.54) is 5.56 Å². The SMILES string of the molecule is CCc1ccccc1.[CH2]c1ccccc1. The van der Waals surface area contributed by atoms with E-state index in [2.05, 4.69) is 38.1 Å². The van der Waals surface area contributed by atoms with Gasteiger partial charge in [0, 0.05) is 0 Å². The summed E-state index contributed by atoms with van der Waals surface area (Å²) in [6, 6.07) is 20.3. The minimum Gasteiger partial charge on any atom is -0.0622 e.